The van der Waals surface area contributed by atoms with Crippen molar-refractivity contribution in [3.63, 3.8) is 0 Å². The van der Waals surface area contributed by atoms with Crippen molar-refractivity contribution in [2.24, 2.45) is 9.98 Å². The van der Waals surface area contributed by atoms with Crippen LogP contribution in [0.25, 0.3) is 55.0 Å². The highest BCUT2D eigenvalue weighted by Crippen LogP contribution is 2.42. The van der Waals surface area contributed by atoms with Gasteiger partial charge in [-0.1, -0.05) is 127 Å². The second-order valence-corrected chi connectivity index (χ2v) is 11.0. The Bertz CT molecular complexity index is 2420. The number of nitrogens with zero attached hydrogens (tertiary/aromatic N) is 2. The number of amidine groups is 2. The Morgan fingerprint density at radius 1 is 0.500 bits per heavy atom. The van der Waals surface area contributed by atoms with Gasteiger partial charge in [0.1, 0.15) is 34.3 Å². The molecule has 0 saturated carbocycles. The van der Waals surface area contributed by atoms with Crippen molar-refractivity contribution in [3.05, 3.63) is 156 Å². The molecule has 0 spiro atoms. The first-order valence-corrected chi connectivity index (χ1v) is 14.7. The summed E-state index contributed by atoms with van der Waals surface area (Å²) in [5.74, 6) is 1.45. The Morgan fingerprint density at radius 2 is 1.09 bits per heavy atom. The molecular weight excluding hydrogens is 542 g/mol. The lowest BCUT2D eigenvalue weighted by Gasteiger charge is -2.23. The van der Waals surface area contributed by atoms with E-state index in [1.54, 1.807) is 0 Å². The van der Waals surface area contributed by atoms with E-state index in [2.05, 4.69) is 78.1 Å². The number of para-hydroxylation sites is 3. The molecule has 1 aliphatic heterocycles. The Morgan fingerprint density at radius 3 is 1.91 bits per heavy atom. The standard InChI is InChI=1S/C39H25N3O2/c1-3-12-24(13-4-1)37-40-38(25-14-5-2-6-15-25)42-39(41-37)31-21-11-23-33-34(31)30-20-10-19-29(36(30)44-33)28-18-9-17-27-26-16-7-8-22-32(26)43-35(27)28/h1-23,37H,(H,40,41,42). The molecule has 8 aromatic rings. The number of hydrogen-bond acceptors (Lipinski definition) is 5. The molecule has 5 nitrogen and oxygen atoms in total. The smallest absolute Gasteiger partial charge is 0.160 e. The number of hydrogen-bond donors (Lipinski definition) is 1. The third-order valence-corrected chi connectivity index (χ3v) is 8.36. The molecule has 0 fully saturated rings. The van der Waals surface area contributed by atoms with Gasteiger partial charge in [0, 0.05) is 43.8 Å². The molecule has 5 heteroatoms. The van der Waals surface area contributed by atoms with Gasteiger partial charge in [-0.3, -0.25) is 0 Å². The van der Waals surface area contributed by atoms with Crippen LogP contribution >= 0.6 is 0 Å². The molecule has 0 amide bonds. The van der Waals surface area contributed by atoms with Gasteiger partial charge >= 0.3 is 0 Å². The minimum absolute atomic E-state index is 0.284. The minimum Gasteiger partial charge on any atom is -0.455 e. The zero-order valence-corrected chi connectivity index (χ0v) is 23.6. The number of furan rings is 2. The Labute approximate surface area is 252 Å². The van der Waals surface area contributed by atoms with Crippen LogP contribution < -0.4 is 5.32 Å². The molecule has 3 heterocycles. The van der Waals surface area contributed by atoms with Crippen LogP contribution in [0.3, 0.4) is 0 Å². The summed E-state index contributed by atoms with van der Waals surface area (Å²) in [6.07, 6.45) is -0.284. The van der Waals surface area contributed by atoms with Crippen LogP contribution in [0.2, 0.25) is 0 Å². The van der Waals surface area contributed by atoms with E-state index in [1.165, 1.54) is 0 Å². The predicted molar refractivity (Wildman–Crippen MR) is 178 cm³/mol. The molecule has 9 rings (SSSR count). The highest BCUT2D eigenvalue weighted by Gasteiger charge is 2.24. The first-order chi connectivity index (χ1) is 21.8. The Kier molecular flexibility index (Phi) is 5.50. The summed E-state index contributed by atoms with van der Waals surface area (Å²) in [5, 5.41) is 7.74. The third-order valence-electron chi connectivity index (χ3n) is 8.36. The van der Waals surface area contributed by atoms with Gasteiger partial charge in [0.25, 0.3) is 0 Å². The van der Waals surface area contributed by atoms with Crippen molar-refractivity contribution in [2.75, 3.05) is 0 Å². The largest absolute Gasteiger partial charge is 0.455 e. The van der Waals surface area contributed by atoms with Crippen LogP contribution in [0.1, 0.15) is 22.9 Å². The quantitative estimate of drug-likeness (QED) is 0.230. The van der Waals surface area contributed by atoms with E-state index in [0.29, 0.717) is 5.84 Å². The number of rotatable bonds is 4. The van der Waals surface area contributed by atoms with Crippen LogP contribution in [-0.4, -0.2) is 11.7 Å². The summed E-state index contributed by atoms with van der Waals surface area (Å²) in [6.45, 7) is 0. The fourth-order valence-electron chi connectivity index (χ4n) is 6.32. The topological polar surface area (TPSA) is 63.0 Å². The van der Waals surface area contributed by atoms with Crippen molar-refractivity contribution < 1.29 is 8.83 Å². The second-order valence-electron chi connectivity index (χ2n) is 11.0. The van der Waals surface area contributed by atoms with E-state index < -0.39 is 0 Å². The maximum Gasteiger partial charge on any atom is 0.160 e. The fraction of sp³-hybridized carbons (Fsp3) is 0.0256. The van der Waals surface area contributed by atoms with Crippen LogP contribution in [0.15, 0.2) is 158 Å². The van der Waals surface area contributed by atoms with Crippen LogP contribution in [0, 0.1) is 0 Å². The summed E-state index contributed by atoms with van der Waals surface area (Å²) in [6, 6.07) is 47.3. The normalized spacial score (nSPS) is 15.0. The molecule has 0 radical (unpaired) electrons. The highest BCUT2D eigenvalue weighted by molar-refractivity contribution is 6.23. The van der Waals surface area contributed by atoms with Gasteiger partial charge in [-0.25, -0.2) is 9.98 Å². The fourth-order valence-corrected chi connectivity index (χ4v) is 6.32. The van der Waals surface area contributed by atoms with Crippen molar-refractivity contribution in [1.29, 1.82) is 0 Å². The maximum absolute atomic E-state index is 6.65. The summed E-state index contributed by atoms with van der Waals surface area (Å²) in [5.41, 5.74) is 8.31. The van der Waals surface area contributed by atoms with Crippen LogP contribution in [0.4, 0.5) is 0 Å². The summed E-state index contributed by atoms with van der Waals surface area (Å²) in [4.78, 5) is 10.2. The maximum atomic E-state index is 6.65. The number of benzene rings is 6. The van der Waals surface area contributed by atoms with Crippen molar-refractivity contribution in [3.8, 4) is 11.1 Å². The van der Waals surface area contributed by atoms with Crippen LogP contribution in [-0.2, 0) is 0 Å². The number of aliphatic imine (C=N–C) groups is 2. The highest BCUT2D eigenvalue weighted by atomic mass is 16.3. The van der Waals surface area contributed by atoms with E-state index >= 15 is 0 Å². The summed E-state index contributed by atoms with van der Waals surface area (Å²) in [7, 11) is 0. The van der Waals surface area contributed by atoms with Gasteiger partial charge in [0.15, 0.2) is 5.84 Å². The van der Waals surface area contributed by atoms with Gasteiger partial charge in [0.2, 0.25) is 0 Å². The van der Waals surface area contributed by atoms with Gasteiger partial charge < -0.3 is 14.2 Å². The summed E-state index contributed by atoms with van der Waals surface area (Å²) < 4.78 is 13.1. The lowest BCUT2D eigenvalue weighted by molar-refractivity contribution is 0.665. The molecule has 0 saturated heterocycles. The number of nitrogens with one attached hydrogen (secondary N) is 1. The average Bonchev–Trinajstić information content (AvgIpc) is 3.68. The van der Waals surface area contributed by atoms with Gasteiger partial charge in [-0.05, 0) is 17.7 Å². The van der Waals surface area contributed by atoms with E-state index in [-0.39, 0.29) is 6.17 Å². The predicted octanol–water partition coefficient (Wildman–Crippen LogP) is 9.65. The molecule has 1 N–H and O–H groups in total. The molecule has 6 aromatic carbocycles. The van der Waals surface area contributed by atoms with Gasteiger partial charge in [-0.2, -0.15) is 0 Å². The summed E-state index contributed by atoms with van der Waals surface area (Å²) >= 11 is 0. The van der Waals surface area contributed by atoms with Gasteiger partial charge in [-0.15, -0.1) is 0 Å². The molecule has 0 aliphatic carbocycles. The zero-order chi connectivity index (χ0) is 29.0. The molecule has 208 valence electrons. The SMILES string of the molecule is c1ccc(C2=NC(c3cccc4oc5c(-c6cccc7c6oc6ccccc67)cccc5c34)=NC(c3ccccc3)N2)cc1. The zero-order valence-electron chi connectivity index (χ0n) is 23.6. The van der Waals surface area contributed by atoms with Crippen LogP contribution in [0.5, 0.6) is 0 Å². The molecule has 2 aromatic heterocycles. The molecule has 1 aliphatic rings. The Hall–Kier alpha value is -5.94. The molecular formula is C39H25N3O2. The Balaban J connectivity index is 1.26. The second kappa shape index (κ2) is 9.82. The lowest BCUT2D eigenvalue weighted by atomic mass is 9.98. The van der Waals surface area contributed by atoms with E-state index in [4.69, 9.17) is 18.8 Å². The molecule has 0 bridgehead atoms. The molecule has 1 atom stereocenters. The van der Waals surface area contributed by atoms with E-state index in [9.17, 15) is 0 Å². The molecule has 1 unspecified atom stereocenters. The van der Waals surface area contributed by atoms with Crippen molar-refractivity contribution >= 4 is 55.5 Å². The van der Waals surface area contributed by atoms with E-state index in [0.717, 1.165) is 77.5 Å². The van der Waals surface area contributed by atoms with Crippen molar-refractivity contribution in [1.82, 2.24) is 5.32 Å². The van der Waals surface area contributed by atoms with Gasteiger partial charge in [0.05, 0.1) is 0 Å². The lowest BCUT2D eigenvalue weighted by Crippen LogP contribution is -2.33. The average molecular weight is 568 g/mol. The minimum atomic E-state index is -0.284. The first-order valence-electron chi connectivity index (χ1n) is 14.7. The monoisotopic (exact) mass is 567 g/mol. The van der Waals surface area contributed by atoms with Crippen molar-refractivity contribution in [2.45, 2.75) is 6.17 Å². The molecule has 44 heavy (non-hydrogen) atoms. The first kappa shape index (κ1) is 24.6. The number of fused-ring (bicyclic) bond motifs is 6. The van der Waals surface area contributed by atoms with E-state index in [1.807, 2.05) is 66.7 Å². The third kappa shape index (κ3) is 3.87.